The maximum atomic E-state index is 13.4. The third-order valence-corrected chi connectivity index (χ3v) is 3.06. The van der Waals surface area contributed by atoms with E-state index in [1.165, 1.54) is 18.2 Å². The van der Waals surface area contributed by atoms with Crippen molar-refractivity contribution in [2.45, 2.75) is 6.61 Å². The number of carboxylic acid groups (broad SMARTS) is 1. The average molecular weight is 343 g/mol. The van der Waals surface area contributed by atoms with E-state index >= 15 is 0 Å². The van der Waals surface area contributed by atoms with Crippen molar-refractivity contribution in [3.8, 4) is 5.75 Å². The molecule has 104 valence electrons. The highest BCUT2D eigenvalue weighted by Crippen LogP contribution is 2.24. The first kappa shape index (κ1) is 14.5. The standard InChI is InChI=1S/C14H9BrF2O3/c15-9-2-4-13(11(5-9)14(18)19)20-7-8-1-3-10(16)6-12(8)17/h1-6H,7H2,(H,18,19). The van der Waals surface area contributed by atoms with Crippen molar-refractivity contribution in [3.63, 3.8) is 0 Å². The highest BCUT2D eigenvalue weighted by molar-refractivity contribution is 9.10. The number of carbonyl (C=O) groups is 1. The van der Waals surface area contributed by atoms with Crippen molar-refractivity contribution in [2.75, 3.05) is 0 Å². The molecule has 0 unspecified atom stereocenters. The second-order valence-electron chi connectivity index (χ2n) is 3.97. The summed E-state index contributed by atoms with van der Waals surface area (Å²) >= 11 is 3.16. The highest BCUT2D eigenvalue weighted by Gasteiger charge is 2.13. The van der Waals surface area contributed by atoms with Gasteiger partial charge in [-0.1, -0.05) is 15.9 Å². The zero-order valence-corrected chi connectivity index (χ0v) is 11.7. The van der Waals surface area contributed by atoms with Gasteiger partial charge in [-0.3, -0.25) is 0 Å². The van der Waals surface area contributed by atoms with Gasteiger partial charge in [-0.25, -0.2) is 13.6 Å². The van der Waals surface area contributed by atoms with Gasteiger partial charge in [0.1, 0.15) is 29.6 Å². The number of carboxylic acids is 1. The van der Waals surface area contributed by atoms with E-state index in [1.54, 1.807) is 6.07 Å². The summed E-state index contributed by atoms with van der Waals surface area (Å²) in [6.45, 7) is -0.186. The molecule has 0 spiro atoms. The third-order valence-electron chi connectivity index (χ3n) is 2.57. The smallest absolute Gasteiger partial charge is 0.339 e. The maximum absolute atomic E-state index is 13.4. The van der Waals surface area contributed by atoms with Crippen LogP contribution in [-0.2, 0) is 6.61 Å². The van der Waals surface area contributed by atoms with Gasteiger partial charge in [0, 0.05) is 16.1 Å². The predicted molar refractivity (Wildman–Crippen MR) is 71.8 cm³/mol. The molecule has 0 aromatic heterocycles. The number of hydrogen-bond donors (Lipinski definition) is 1. The zero-order valence-electron chi connectivity index (χ0n) is 10.1. The number of aromatic carboxylic acids is 1. The summed E-state index contributed by atoms with van der Waals surface area (Å²) in [5.74, 6) is -2.45. The molecule has 6 heteroatoms. The Morgan fingerprint density at radius 1 is 1.20 bits per heavy atom. The van der Waals surface area contributed by atoms with Crippen molar-refractivity contribution < 1.29 is 23.4 Å². The first-order valence-electron chi connectivity index (χ1n) is 5.57. The van der Waals surface area contributed by atoms with E-state index in [1.807, 2.05) is 0 Å². The van der Waals surface area contributed by atoms with Gasteiger partial charge in [0.25, 0.3) is 0 Å². The Kier molecular flexibility index (Phi) is 4.34. The van der Waals surface area contributed by atoms with Crippen molar-refractivity contribution in [1.82, 2.24) is 0 Å². The topological polar surface area (TPSA) is 46.5 Å². The minimum absolute atomic E-state index is 0.0399. The molecule has 0 fully saturated rings. The highest BCUT2D eigenvalue weighted by atomic mass is 79.9. The number of rotatable bonds is 4. The average Bonchev–Trinajstić information content (AvgIpc) is 2.38. The van der Waals surface area contributed by atoms with E-state index < -0.39 is 17.6 Å². The first-order chi connectivity index (χ1) is 9.47. The fourth-order valence-electron chi connectivity index (χ4n) is 1.59. The van der Waals surface area contributed by atoms with Crippen molar-refractivity contribution in [2.24, 2.45) is 0 Å². The lowest BCUT2D eigenvalue weighted by molar-refractivity contribution is 0.0691. The van der Waals surface area contributed by atoms with Crippen LogP contribution in [0.5, 0.6) is 5.75 Å². The van der Waals surface area contributed by atoms with Crippen LogP contribution in [0, 0.1) is 11.6 Å². The lowest BCUT2D eigenvalue weighted by Crippen LogP contribution is -2.04. The molecular formula is C14H9BrF2O3. The van der Waals surface area contributed by atoms with Crippen LogP contribution in [0.3, 0.4) is 0 Å². The molecule has 2 aromatic carbocycles. The van der Waals surface area contributed by atoms with Crippen LogP contribution in [0.15, 0.2) is 40.9 Å². The first-order valence-corrected chi connectivity index (χ1v) is 6.36. The summed E-state index contributed by atoms with van der Waals surface area (Å²) in [5.41, 5.74) is 0.104. The molecule has 0 radical (unpaired) electrons. The second-order valence-corrected chi connectivity index (χ2v) is 4.89. The Morgan fingerprint density at radius 3 is 2.60 bits per heavy atom. The maximum Gasteiger partial charge on any atom is 0.339 e. The van der Waals surface area contributed by atoms with Gasteiger partial charge in [-0.05, 0) is 30.3 Å². The number of hydrogen-bond acceptors (Lipinski definition) is 2. The molecule has 0 heterocycles. The molecule has 0 aliphatic carbocycles. The molecule has 2 aromatic rings. The lowest BCUT2D eigenvalue weighted by atomic mass is 10.2. The van der Waals surface area contributed by atoms with Crippen LogP contribution in [0.25, 0.3) is 0 Å². The Bertz CT molecular complexity index is 659. The van der Waals surface area contributed by atoms with E-state index in [0.717, 1.165) is 12.1 Å². The Morgan fingerprint density at radius 2 is 1.95 bits per heavy atom. The minimum atomic E-state index is -1.15. The summed E-state index contributed by atoms with van der Waals surface area (Å²) in [6, 6.07) is 7.58. The van der Waals surface area contributed by atoms with Gasteiger partial charge in [-0.15, -0.1) is 0 Å². The van der Waals surface area contributed by atoms with Gasteiger partial charge in [-0.2, -0.15) is 0 Å². The van der Waals surface area contributed by atoms with E-state index in [0.29, 0.717) is 4.47 Å². The van der Waals surface area contributed by atoms with E-state index in [9.17, 15) is 13.6 Å². The number of halogens is 3. The molecule has 0 saturated carbocycles. The van der Waals surface area contributed by atoms with Crippen LogP contribution in [0.4, 0.5) is 8.78 Å². The van der Waals surface area contributed by atoms with Crippen LogP contribution in [-0.4, -0.2) is 11.1 Å². The van der Waals surface area contributed by atoms with Gasteiger partial charge in [0.2, 0.25) is 0 Å². The SMILES string of the molecule is O=C(O)c1cc(Br)ccc1OCc1ccc(F)cc1F. The molecule has 0 bridgehead atoms. The summed E-state index contributed by atoms with van der Waals surface area (Å²) in [6.07, 6.45) is 0. The predicted octanol–water partition coefficient (Wildman–Crippen LogP) is 4.00. The third kappa shape index (κ3) is 3.33. The molecule has 20 heavy (non-hydrogen) atoms. The largest absolute Gasteiger partial charge is 0.488 e. The summed E-state index contributed by atoms with van der Waals surface area (Å²) in [4.78, 5) is 11.1. The minimum Gasteiger partial charge on any atom is -0.488 e. The molecule has 0 aliphatic heterocycles. The van der Waals surface area contributed by atoms with E-state index in [2.05, 4.69) is 15.9 Å². The van der Waals surface area contributed by atoms with Crippen molar-refractivity contribution in [1.29, 1.82) is 0 Å². The second kappa shape index (κ2) is 6.00. The number of benzene rings is 2. The molecule has 0 saturated heterocycles. The van der Waals surface area contributed by atoms with Crippen LogP contribution < -0.4 is 4.74 Å². The number of ether oxygens (including phenoxy) is 1. The molecule has 3 nitrogen and oxygen atoms in total. The monoisotopic (exact) mass is 342 g/mol. The lowest BCUT2D eigenvalue weighted by Gasteiger charge is -2.10. The van der Waals surface area contributed by atoms with Crippen LogP contribution >= 0.6 is 15.9 Å². The quantitative estimate of drug-likeness (QED) is 0.913. The summed E-state index contributed by atoms with van der Waals surface area (Å²) in [5, 5.41) is 9.05. The molecule has 0 amide bonds. The van der Waals surface area contributed by atoms with Gasteiger partial charge < -0.3 is 9.84 Å². The van der Waals surface area contributed by atoms with Crippen LogP contribution in [0.2, 0.25) is 0 Å². The summed E-state index contributed by atoms with van der Waals surface area (Å²) < 4.78 is 32.1. The molecule has 0 aliphatic rings. The Balaban J connectivity index is 2.20. The fraction of sp³-hybridized carbons (Fsp3) is 0.0714. The van der Waals surface area contributed by atoms with E-state index in [-0.39, 0.29) is 23.5 Å². The van der Waals surface area contributed by atoms with Crippen molar-refractivity contribution >= 4 is 21.9 Å². The Hall–Kier alpha value is -1.95. The molecular weight excluding hydrogens is 334 g/mol. The van der Waals surface area contributed by atoms with E-state index in [4.69, 9.17) is 9.84 Å². The van der Waals surface area contributed by atoms with Gasteiger partial charge in [0.15, 0.2) is 0 Å². The van der Waals surface area contributed by atoms with Crippen molar-refractivity contribution in [3.05, 3.63) is 63.6 Å². The molecule has 2 rings (SSSR count). The molecule has 0 atom stereocenters. The van der Waals surface area contributed by atoms with Gasteiger partial charge >= 0.3 is 5.97 Å². The fourth-order valence-corrected chi connectivity index (χ4v) is 1.95. The molecule has 1 N–H and O–H groups in total. The van der Waals surface area contributed by atoms with Gasteiger partial charge in [0.05, 0.1) is 0 Å². The Labute approximate surface area is 121 Å². The summed E-state index contributed by atoms with van der Waals surface area (Å²) in [7, 11) is 0. The normalized spacial score (nSPS) is 10.3. The van der Waals surface area contributed by atoms with Crippen LogP contribution in [0.1, 0.15) is 15.9 Å². The zero-order chi connectivity index (χ0) is 14.7.